The minimum Gasteiger partial charge on any atom is -0.496 e. The van der Waals surface area contributed by atoms with E-state index in [4.69, 9.17) is 9.47 Å². The van der Waals surface area contributed by atoms with E-state index < -0.39 is 9.84 Å². The molecule has 0 N–H and O–H groups in total. The number of methoxy groups -OCH3 is 1. The maximum atomic E-state index is 11.9. The number of pyridine rings is 1. The Morgan fingerprint density at radius 1 is 1.03 bits per heavy atom. The number of rotatable bonds is 8. The Labute approximate surface area is 178 Å². The Hall–Kier alpha value is -2.86. The fourth-order valence-electron chi connectivity index (χ4n) is 3.55. The first-order chi connectivity index (χ1) is 14.3. The zero-order valence-electron chi connectivity index (χ0n) is 17.8. The Morgan fingerprint density at radius 3 is 2.43 bits per heavy atom. The highest BCUT2D eigenvalue weighted by Gasteiger charge is 2.21. The Balaban J connectivity index is 2.05. The molecule has 0 spiro atoms. The van der Waals surface area contributed by atoms with Crippen molar-refractivity contribution in [3.8, 4) is 22.8 Å². The van der Waals surface area contributed by atoms with Crippen molar-refractivity contribution in [1.82, 2.24) is 4.98 Å². The molecule has 0 aliphatic carbocycles. The molecule has 1 atom stereocenters. The van der Waals surface area contributed by atoms with E-state index in [-0.39, 0.29) is 11.7 Å². The van der Waals surface area contributed by atoms with Gasteiger partial charge in [0.1, 0.15) is 22.2 Å². The van der Waals surface area contributed by atoms with Gasteiger partial charge in [-0.05, 0) is 59.4 Å². The number of ether oxygens (including phenoxy) is 2. The quantitative estimate of drug-likeness (QED) is 0.519. The molecule has 0 fully saturated rings. The SMILES string of the molecule is COc1cc(C(C)CS(C)(=O)=O)c(-c2cccnc2OCc2ccccc2)cc1C. The van der Waals surface area contributed by atoms with Gasteiger partial charge in [-0.3, -0.25) is 0 Å². The van der Waals surface area contributed by atoms with E-state index >= 15 is 0 Å². The first kappa shape index (κ1) is 21.8. The average molecular weight is 426 g/mol. The number of hydrogen-bond acceptors (Lipinski definition) is 5. The maximum Gasteiger partial charge on any atom is 0.221 e. The van der Waals surface area contributed by atoms with Crippen LogP contribution in [0.5, 0.6) is 11.6 Å². The number of aromatic nitrogens is 1. The fraction of sp³-hybridized carbons (Fsp3) is 0.292. The van der Waals surface area contributed by atoms with Crippen molar-refractivity contribution < 1.29 is 17.9 Å². The molecule has 5 nitrogen and oxygen atoms in total. The van der Waals surface area contributed by atoms with E-state index in [1.165, 1.54) is 6.26 Å². The molecule has 3 aromatic rings. The molecule has 158 valence electrons. The zero-order valence-corrected chi connectivity index (χ0v) is 18.6. The highest BCUT2D eigenvalue weighted by atomic mass is 32.2. The summed E-state index contributed by atoms with van der Waals surface area (Å²) in [7, 11) is -1.53. The third kappa shape index (κ3) is 5.39. The summed E-state index contributed by atoms with van der Waals surface area (Å²) < 4.78 is 35.4. The van der Waals surface area contributed by atoms with Gasteiger partial charge < -0.3 is 9.47 Å². The molecule has 1 unspecified atom stereocenters. The largest absolute Gasteiger partial charge is 0.496 e. The van der Waals surface area contributed by atoms with Crippen molar-refractivity contribution in [2.24, 2.45) is 0 Å². The van der Waals surface area contributed by atoms with Gasteiger partial charge in [-0.25, -0.2) is 13.4 Å². The van der Waals surface area contributed by atoms with Crippen LogP contribution in [0.3, 0.4) is 0 Å². The summed E-state index contributed by atoms with van der Waals surface area (Å²) in [5, 5.41) is 0. The van der Waals surface area contributed by atoms with Crippen LogP contribution in [0.2, 0.25) is 0 Å². The molecule has 0 radical (unpaired) electrons. The van der Waals surface area contributed by atoms with Crippen LogP contribution < -0.4 is 9.47 Å². The van der Waals surface area contributed by atoms with Crippen LogP contribution in [-0.4, -0.2) is 32.5 Å². The number of nitrogens with zero attached hydrogens (tertiary/aromatic N) is 1. The number of benzene rings is 2. The molecule has 0 saturated heterocycles. The first-order valence-corrected chi connectivity index (χ1v) is 11.8. The van der Waals surface area contributed by atoms with E-state index in [2.05, 4.69) is 4.98 Å². The van der Waals surface area contributed by atoms with Crippen LogP contribution in [0.4, 0.5) is 0 Å². The van der Waals surface area contributed by atoms with Gasteiger partial charge in [0.05, 0.1) is 12.9 Å². The average Bonchev–Trinajstić information content (AvgIpc) is 2.71. The van der Waals surface area contributed by atoms with Crippen molar-refractivity contribution in [3.63, 3.8) is 0 Å². The lowest BCUT2D eigenvalue weighted by Gasteiger charge is -2.20. The van der Waals surface area contributed by atoms with Crippen LogP contribution in [0.25, 0.3) is 11.1 Å². The van der Waals surface area contributed by atoms with Gasteiger partial charge >= 0.3 is 0 Å². The minimum absolute atomic E-state index is 0.0483. The molecule has 2 aromatic carbocycles. The van der Waals surface area contributed by atoms with Gasteiger partial charge in [-0.2, -0.15) is 0 Å². The molecule has 0 amide bonds. The predicted molar refractivity (Wildman–Crippen MR) is 120 cm³/mol. The fourth-order valence-corrected chi connectivity index (χ4v) is 4.63. The van der Waals surface area contributed by atoms with Gasteiger partial charge in [-0.1, -0.05) is 37.3 Å². The summed E-state index contributed by atoms with van der Waals surface area (Å²) in [6.45, 7) is 4.28. The van der Waals surface area contributed by atoms with Gasteiger partial charge in [0.25, 0.3) is 0 Å². The highest BCUT2D eigenvalue weighted by Crippen LogP contribution is 2.38. The summed E-state index contributed by atoms with van der Waals surface area (Å²) in [5.74, 6) is 1.07. The van der Waals surface area contributed by atoms with Crippen molar-refractivity contribution in [2.45, 2.75) is 26.4 Å². The first-order valence-electron chi connectivity index (χ1n) is 9.77. The van der Waals surface area contributed by atoms with E-state index in [0.29, 0.717) is 12.5 Å². The molecule has 30 heavy (non-hydrogen) atoms. The summed E-state index contributed by atoms with van der Waals surface area (Å²) >= 11 is 0. The van der Waals surface area contributed by atoms with Gasteiger partial charge in [0.2, 0.25) is 5.88 Å². The molecular formula is C24H27NO4S. The van der Waals surface area contributed by atoms with Crippen LogP contribution >= 0.6 is 0 Å². The summed E-state index contributed by atoms with van der Waals surface area (Å²) in [4.78, 5) is 4.45. The lowest BCUT2D eigenvalue weighted by atomic mass is 9.91. The molecule has 0 saturated carbocycles. The Morgan fingerprint density at radius 2 is 1.77 bits per heavy atom. The number of hydrogen-bond donors (Lipinski definition) is 0. The van der Waals surface area contributed by atoms with Gasteiger partial charge in [0, 0.05) is 18.0 Å². The van der Waals surface area contributed by atoms with Crippen LogP contribution in [0, 0.1) is 6.92 Å². The molecule has 6 heteroatoms. The Kier molecular flexibility index (Phi) is 6.77. The normalized spacial score (nSPS) is 12.4. The third-order valence-corrected chi connectivity index (χ3v) is 6.04. The second kappa shape index (κ2) is 9.30. The highest BCUT2D eigenvalue weighted by molar-refractivity contribution is 7.90. The van der Waals surface area contributed by atoms with Crippen molar-refractivity contribution in [1.29, 1.82) is 0 Å². The van der Waals surface area contributed by atoms with Crippen LogP contribution in [-0.2, 0) is 16.4 Å². The summed E-state index contributed by atoms with van der Waals surface area (Å²) in [6.07, 6.45) is 2.95. The van der Waals surface area contributed by atoms with Crippen molar-refractivity contribution in [2.75, 3.05) is 19.1 Å². The number of aryl methyl sites for hydroxylation is 1. The smallest absolute Gasteiger partial charge is 0.221 e. The molecule has 3 rings (SSSR count). The van der Waals surface area contributed by atoms with E-state index in [1.807, 2.05) is 68.4 Å². The third-order valence-electron chi connectivity index (χ3n) is 4.93. The lowest BCUT2D eigenvalue weighted by molar-refractivity contribution is 0.295. The molecule has 0 bridgehead atoms. The van der Waals surface area contributed by atoms with Gasteiger partial charge in [0.15, 0.2) is 0 Å². The Bertz CT molecular complexity index is 1110. The molecule has 1 heterocycles. The van der Waals surface area contributed by atoms with Crippen molar-refractivity contribution >= 4 is 9.84 Å². The zero-order chi connectivity index (χ0) is 21.7. The monoisotopic (exact) mass is 425 g/mol. The predicted octanol–water partition coefficient (Wildman–Crippen LogP) is 4.79. The molecule has 1 aromatic heterocycles. The lowest BCUT2D eigenvalue weighted by Crippen LogP contribution is -2.12. The summed E-state index contributed by atoms with van der Waals surface area (Å²) in [5.41, 5.74) is 4.63. The molecular weight excluding hydrogens is 398 g/mol. The minimum atomic E-state index is -3.14. The van der Waals surface area contributed by atoms with E-state index in [1.54, 1.807) is 13.3 Å². The standard InChI is InChI=1S/C24H27NO4S/c1-17-13-22(21(14-23(17)28-3)18(2)16-30(4,26)27)20-11-8-12-25-24(20)29-15-19-9-6-5-7-10-19/h5-14,18H,15-16H2,1-4H3. The van der Waals surface area contributed by atoms with Crippen LogP contribution in [0.15, 0.2) is 60.8 Å². The van der Waals surface area contributed by atoms with Crippen molar-refractivity contribution in [3.05, 3.63) is 77.5 Å². The maximum absolute atomic E-state index is 11.9. The number of sulfone groups is 1. The topological polar surface area (TPSA) is 65.5 Å². The second-order valence-electron chi connectivity index (χ2n) is 7.53. The second-order valence-corrected chi connectivity index (χ2v) is 9.72. The molecule has 0 aliphatic rings. The molecule has 0 aliphatic heterocycles. The van der Waals surface area contributed by atoms with Crippen LogP contribution in [0.1, 0.15) is 29.5 Å². The summed E-state index contributed by atoms with van der Waals surface area (Å²) in [6, 6.07) is 17.6. The van der Waals surface area contributed by atoms with E-state index in [0.717, 1.165) is 33.6 Å². The van der Waals surface area contributed by atoms with E-state index in [9.17, 15) is 8.42 Å². The van der Waals surface area contributed by atoms with Gasteiger partial charge in [-0.15, -0.1) is 0 Å².